The maximum atomic E-state index is 13.4. The molecule has 0 bridgehead atoms. The molecule has 0 spiro atoms. The molecule has 6 nitrogen and oxygen atoms in total. The van der Waals surface area contributed by atoms with Crippen molar-refractivity contribution in [1.82, 2.24) is 4.90 Å². The lowest BCUT2D eigenvalue weighted by Crippen LogP contribution is -2.28. The average Bonchev–Trinajstić information content (AvgIpc) is 3.45. The Morgan fingerprint density at radius 3 is 2.31 bits per heavy atom. The van der Waals surface area contributed by atoms with Gasteiger partial charge in [-0.3, -0.25) is 9.59 Å². The molecule has 1 fully saturated rings. The molecule has 0 radical (unpaired) electrons. The number of aliphatic hydroxyl groups is 1. The van der Waals surface area contributed by atoms with Crippen molar-refractivity contribution in [3.05, 3.63) is 87.1 Å². The standard InChI is InChI=1S/C28H29NO5S/c1-28(2,3)18-10-13-22(34-5)21(15-18)25(30)23-24(17-8-11-19(33-4)12-9-17)29(27(32)26(23)31)16-20-7-6-14-35-20/h6-15,24,30H,16H2,1-5H3/b25-23+. The van der Waals surface area contributed by atoms with Gasteiger partial charge in [-0.1, -0.05) is 45.0 Å². The maximum Gasteiger partial charge on any atom is 0.295 e. The lowest BCUT2D eigenvalue weighted by atomic mass is 9.85. The molecular formula is C28H29NO5S. The van der Waals surface area contributed by atoms with Crippen molar-refractivity contribution in [3.8, 4) is 11.5 Å². The first-order valence-corrected chi connectivity index (χ1v) is 12.2. The number of nitrogens with zero attached hydrogens (tertiary/aromatic N) is 1. The number of hydrogen-bond acceptors (Lipinski definition) is 6. The minimum Gasteiger partial charge on any atom is -0.507 e. The van der Waals surface area contributed by atoms with E-state index in [1.54, 1.807) is 25.3 Å². The number of carbonyl (C=O) groups is 2. The Balaban J connectivity index is 1.92. The van der Waals surface area contributed by atoms with Gasteiger partial charge in [-0.15, -0.1) is 11.3 Å². The van der Waals surface area contributed by atoms with E-state index < -0.39 is 17.7 Å². The number of methoxy groups -OCH3 is 2. The summed E-state index contributed by atoms with van der Waals surface area (Å²) >= 11 is 1.51. The molecule has 2 aromatic carbocycles. The summed E-state index contributed by atoms with van der Waals surface area (Å²) < 4.78 is 10.8. The molecule has 1 unspecified atom stereocenters. The van der Waals surface area contributed by atoms with E-state index in [1.807, 2.05) is 41.8 Å². The molecule has 1 N–H and O–H groups in total. The first-order chi connectivity index (χ1) is 16.7. The van der Waals surface area contributed by atoms with Crippen LogP contribution in [0.2, 0.25) is 0 Å². The van der Waals surface area contributed by atoms with Crippen LogP contribution in [0.15, 0.2) is 65.6 Å². The van der Waals surface area contributed by atoms with Crippen LogP contribution in [0.3, 0.4) is 0 Å². The number of thiophene rings is 1. The van der Waals surface area contributed by atoms with Crippen molar-refractivity contribution < 1.29 is 24.2 Å². The second kappa shape index (κ2) is 9.58. The van der Waals surface area contributed by atoms with Gasteiger partial charge in [0.2, 0.25) is 0 Å². The Morgan fingerprint density at radius 2 is 1.74 bits per heavy atom. The van der Waals surface area contributed by atoms with E-state index in [1.165, 1.54) is 23.3 Å². The van der Waals surface area contributed by atoms with Gasteiger partial charge in [-0.05, 0) is 52.3 Å². The van der Waals surface area contributed by atoms with Crippen LogP contribution in [-0.4, -0.2) is 35.9 Å². The molecule has 7 heteroatoms. The van der Waals surface area contributed by atoms with Gasteiger partial charge in [0.1, 0.15) is 17.3 Å². The zero-order valence-electron chi connectivity index (χ0n) is 20.5. The minimum absolute atomic E-state index is 0.0427. The number of ether oxygens (including phenoxy) is 2. The number of likely N-dealkylation sites (tertiary alicyclic amines) is 1. The van der Waals surface area contributed by atoms with Crippen LogP contribution in [0.5, 0.6) is 11.5 Å². The van der Waals surface area contributed by atoms with E-state index in [0.717, 1.165) is 10.4 Å². The molecule has 182 valence electrons. The Morgan fingerprint density at radius 1 is 1.03 bits per heavy atom. The molecule has 4 rings (SSSR count). The number of amides is 1. The van der Waals surface area contributed by atoms with Crippen LogP contribution in [-0.2, 0) is 21.5 Å². The highest BCUT2D eigenvalue weighted by Crippen LogP contribution is 2.43. The van der Waals surface area contributed by atoms with Gasteiger partial charge in [0, 0.05) is 4.88 Å². The van der Waals surface area contributed by atoms with Crippen molar-refractivity contribution in [3.63, 3.8) is 0 Å². The topological polar surface area (TPSA) is 76.1 Å². The van der Waals surface area contributed by atoms with Gasteiger partial charge >= 0.3 is 0 Å². The second-order valence-corrected chi connectivity index (χ2v) is 10.5. The number of Topliss-reactive ketones (excluding diaryl/α,β-unsaturated/α-hetero) is 1. The Bertz CT molecular complexity index is 1270. The molecule has 1 amide bonds. The quantitative estimate of drug-likeness (QED) is 0.273. The molecule has 35 heavy (non-hydrogen) atoms. The molecule has 1 atom stereocenters. The van der Waals surface area contributed by atoms with E-state index in [0.29, 0.717) is 22.6 Å². The highest BCUT2D eigenvalue weighted by atomic mass is 32.1. The fraction of sp³-hybridized carbons (Fsp3) is 0.286. The predicted molar refractivity (Wildman–Crippen MR) is 137 cm³/mol. The average molecular weight is 492 g/mol. The van der Waals surface area contributed by atoms with E-state index >= 15 is 0 Å². The van der Waals surface area contributed by atoms with E-state index in [2.05, 4.69) is 20.8 Å². The maximum absolute atomic E-state index is 13.4. The summed E-state index contributed by atoms with van der Waals surface area (Å²) in [6.07, 6.45) is 0. The fourth-order valence-corrected chi connectivity index (χ4v) is 4.95. The first kappa shape index (κ1) is 24.5. The molecule has 2 heterocycles. The zero-order chi connectivity index (χ0) is 25.3. The highest BCUT2D eigenvalue weighted by Gasteiger charge is 2.46. The molecule has 1 saturated heterocycles. The summed E-state index contributed by atoms with van der Waals surface area (Å²) in [5.74, 6) is -0.535. The summed E-state index contributed by atoms with van der Waals surface area (Å²) in [7, 11) is 3.09. The second-order valence-electron chi connectivity index (χ2n) is 9.44. The largest absolute Gasteiger partial charge is 0.507 e. The van der Waals surface area contributed by atoms with Crippen molar-refractivity contribution in [1.29, 1.82) is 0 Å². The summed E-state index contributed by atoms with van der Waals surface area (Å²) in [5.41, 5.74) is 1.90. The summed E-state index contributed by atoms with van der Waals surface area (Å²) in [6, 6.07) is 15.8. The number of ketones is 1. The molecular weight excluding hydrogens is 462 g/mol. The van der Waals surface area contributed by atoms with E-state index in [9.17, 15) is 14.7 Å². The number of benzene rings is 2. The summed E-state index contributed by atoms with van der Waals surface area (Å²) in [4.78, 5) is 29.1. The third-order valence-corrected chi connectivity index (χ3v) is 7.06. The van der Waals surface area contributed by atoms with Gasteiger partial charge in [-0.25, -0.2) is 0 Å². The fourth-order valence-electron chi connectivity index (χ4n) is 4.25. The summed E-state index contributed by atoms with van der Waals surface area (Å²) in [6.45, 7) is 6.46. The van der Waals surface area contributed by atoms with Crippen LogP contribution >= 0.6 is 11.3 Å². The summed E-state index contributed by atoms with van der Waals surface area (Å²) in [5, 5.41) is 13.5. The Kier molecular flexibility index (Phi) is 6.72. The molecule has 0 saturated carbocycles. The monoisotopic (exact) mass is 491 g/mol. The van der Waals surface area contributed by atoms with Gasteiger partial charge in [-0.2, -0.15) is 0 Å². The van der Waals surface area contributed by atoms with E-state index in [-0.39, 0.29) is 23.3 Å². The Labute approximate surface area is 209 Å². The van der Waals surface area contributed by atoms with Crippen LogP contribution in [0.1, 0.15) is 48.4 Å². The normalized spacial score (nSPS) is 17.6. The van der Waals surface area contributed by atoms with Crippen LogP contribution < -0.4 is 9.47 Å². The molecule has 1 aliphatic heterocycles. The third kappa shape index (κ3) is 4.68. The van der Waals surface area contributed by atoms with Crippen molar-refractivity contribution in [2.24, 2.45) is 0 Å². The molecule has 1 aliphatic rings. The van der Waals surface area contributed by atoms with Crippen molar-refractivity contribution >= 4 is 28.8 Å². The van der Waals surface area contributed by atoms with Gasteiger partial charge in [0.05, 0.1) is 37.9 Å². The number of aliphatic hydroxyl groups excluding tert-OH is 1. The third-order valence-electron chi connectivity index (χ3n) is 6.20. The lowest BCUT2D eigenvalue weighted by Gasteiger charge is -2.25. The smallest absolute Gasteiger partial charge is 0.295 e. The predicted octanol–water partition coefficient (Wildman–Crippen LogP) is 5.68. The Hall–Kier alpha value is -3.58. The van der Waals surface area contributed by atoms with Gasteiger partial charge < -0.3 is 19.5 Å². The van der Waals surface area contributed by atoms with Crippen LogP contribution in [0.4, 0.5) is 0 Å². The number of carbonyl (C=O) groups excluding carboxylic acids is 2. The van der Waals surface area contributed by atoms with Crippen LogP contribution in [0.25, 0.3) is 5.76 Å². The van der Waals surface area contributed by atoms with Crippen molar-refractivity contribution in [2.45, 2.75) is 38.8 Å². The highest BCUT2D eigenvalue weighted by molar-refractivity contribution is 7.09. The van der Waals surface area contributed by atoms with Gasteiger partial charge in [0.15, 0.2) is 0 Å². The minimum atomic E-state index is -0.758. The molecule has 0 aliphatic carbocycles. The van der Waals surface area contributed by atoms with E-state index in [4.69, 9.17) is 9.47 Å². The first-order valence-electron chi connectivity index (χ1n) is 11.3. The number of rotatable bonds is 6. The van der Waals surface area contributed by atoms with Crippen molar-refractivity contribution in [2.75, 3.05) is 14.2 Å². The molecule has 3 aromatic rings. The number of hydrogen-bond donors (Lipinski definition) is 1. The van der Waals surface area contributed by atoms with Gasteiger partial charge in [0.25, 0.3) is 11.7 Å². The molecule has 1 aromatic heterocycles. The lowest BCUT2D eigenvalue weighted by molar-refractivity contribution is -0.140. The van der Waals surface area contributed by atoms with Crippen LogP contribution in [0, 0.1) is 0 Å². The zero-order valence-corrected chi connectivity index (χ0v) is 21.3. The SMILES string of the molecule is COc1ccc(C2/C(=C(\O)c3cc(C(C)(C)C)ccc3OC)C(=O)C(=O)N2Cc2cccs2)cc1.